The molecule has 0 fully saturated rings. The second-order valence-electron chi connectivity index (χ2n) is 6.74. The molecule has 2 aromatic carbocycles. The van der Waals surface area contributed by atoms with Gasteiger partial charge >= 0.3 is 0 Å². The van der Waals surface area contributed by atoms with Crippen LogP contribution in [-0.2, 0) is 9.59 Å². The molecule has 0 unspecified atom stereocenters. The first kappa shape index (κ1) is 18.2. The highest BCUT2D eigenvalue weighted by molar-refractivity contribution is 6.42. The van der Waals surface area contributed by atoms with Crippen molar-refractivity contribution < 1.29 is 14.0 Å². The number of Topliss-reactive ketones (excluding diaryl/α,β-unsaturated/α-hetero) is 1. The number of carbonyl (C=O) groups is 2. The molecule has 0 bridgehead atoms. The highest BCUT2D eigenvalue weighted by Gasteiger charge is 2.40. The lowest BCUT2D eigenvalue weighted by molar-refractivity contribution is -0.119. The third kappa shape index (κ3) is 3.17. The predicted molar refractivity (Wildman–Crippen MR) is 104 cm³/mol. The minimum atomic E-state index is -0.414. The minimum absolute atomic E-state index is 0.0249. The van der Waals surface area contributed by atoms with E-state index in [1.807, 2.05) is 6.07 Å². The largest absolute Gasteiger partial charge is 0.294 e. The number of benzene rings is 2. The maximum Gasteiger partial charge on any atom is 0.232 e. The molecule has 0 saturated carbocycles. The highest BCUT2D eigenvalue weighted by Crippen LogP contribution is 2.45. The summed E-state index contributed by atoms with van der Waals surface area (Å²) in [5.41, 5.74) is 2.57. The van der Waals surface area contributed by atoms with Crippen molar-refractivity contribution in [1.29, 1.82) is 0 Å². The van der Waals surface area contributed by atoms with Crippen molar-refractivity contribution in [2.45, 2.75) is 31.6 Å². The Labute approximate surface area is 166 Å². The number of rotatable bonds is 2. The summed E-state index contributed by atoms with van der Waals surface area (Å²) >= 11 is 12.5. The van der Waals surface area contributed by atoms with Gasteiger partial charge in [-0.15, -0.1) is 0 Å². The quantitative estimate of drug-likeness (QED) is 0.648. The van der Waals surface area contributed by atoms with Crippen molar-refractivity contribution in [3.05, 3.63) is 75.2 Å². The van der Waals surface area contributed by atoms with Crippen molar-refractivity contribution in [3.63, 3.8) is 0 Å². The van der Waals surface area contributed by atoms with Gasteiger partial charge < -0.3 is 0 Å². The number of nitrogens with zero attached hydrogens (tertiary/aromatic N) is 1. The molecule has 138 valence electrons. The van der Waals surface area contributed by atoms with Gasteiger partial charge in [-0.1, -0.05) is 35.3 Å². The summed E-state index contributed by atoms with van der Waals surface area (Å²) in [4.78, 5) is 27.4. The van der Waals surface area contributed by atoms with Crippen molar-refractivity contribution in [2.75, 3.05) is 4.90 Å². The van der Waals surface area contributed by atoms with E-state index in [2.05, 4.69) is 0 Å². The van der Waals surface area contributed by atoms with Crippen LogP contribution in [0.25, 0.3) is 0 Å². The number of halogens is 3. The maximum atomic E-state index is 13.3. The second kappa shape index (κ2) is 7.10. The van der Waals surface area contributed by atoms with Crippen molar-refractivity contribution in [1.82, 2.24) is 0 Å². The fraction of sp³-hybridized carbons (Fsp3) is 0.238. The molecule has 0 saturated heterocycles. The van der Waals surface area contributed by atoms with Gasteiger partial charge in [0.15, 0.2) is 5.78 Å². The van der Waals surface area contributed by atoms with Crippen LogP contribution in [0, 0.1) is 5.82 Å². The smallest absolute Gasteiger partial charge is 0.232 e. The molecular weight excluding hydrogens is 388 g/mol. The Morgan fingerprint density at radius 1 is 1.00 bits per heavy atom. The summed E-state index contributed by atoms with van der Waals surface area (Å²) in [6, 6.07) is 11.0. The van der Waals surface area contributed by atoms with Crippen LogP contribution in [0.3, 0.4) is 0 Å². The standard InChI is InChI=1S/C21H16Cl2FNO2/c22-16-4-1-3-14(21(16)23)15-11-19(27)25(13-9-7-12(24)8-10-13)17-5-2-6-18(26)20(15)17/h1,3-4,7-10,15H,2,5-6,11H2/t15-/m0/s1. The molecule has 27 heavy (non-hydrogen) atoms. The van der Waals surface area contributed by atoms with Gasteiger partial charge in [0.25, 0.3) is 0 Å². The van der Waals surface area contributed by atoms with E-state index in [1.165, 1.54) is 12.1 Å². The second-order valence-corrected chi connectivity index (χ2v) is 7.53. The van der Waals surface area contributed by atoms with E-state index < -0.39 is 5.92 Å². The molecule has 2 aromatic rings. The molecule has 6 heteroatoms. The van der Waals surface area contributed by atoms with Crippen LogP contribution in [0.1, 0.15) is 37.2 Å². The topological polar surface area (TPSA) is 37.4 Å². The number of allylic oxidation sites excluding steroid dienone is 2. The number of anilines is 1. The molecule has 1 aliphatic heterocycles. The van der Waals surface area contributed by atoms with Gasteiger partial charge in [0, 0.05) is 35.7 Å². The number of hydrogen-bond donors (Lipinski definition) is 0. The van der Waals surface area contributed by atoms with Crippen molar-refractivity contribution >= 4 is 40.6 Å². The zero-order valence-electron chi connectivity index (χ0n) is 14.3. The van der Waals surface area contributed by atoms with Gasteiger partial charge in [-0.05, 0) is 48.7 Å². The summed E-state index contributed by atoms with van der Waals surface area (Å²) < 4.78 is 13.3. The average Bonchev–Trinajstić information content (AvgIpc) is 2.65. The number of carbonyl (C=O) groups excluding carboxylic acids is 2. The molecule has 0 spiro atoms. The summed E-state index contributed by atoms with van der Waals surface area (Å²) in [6.45, 7) is 0. The highest BCUT2D eigenvalue weighted by atomic mass is 35.5. The first-order valence-electron chi connectivity index (χ1n) is 8.76. The molecule has 1 amide bonds. The molecule has 0 aromatic heterocycles. The third-order valence-electron chi connectivity index (χ3n) is 5.12. The van der Waals surface area contributed by atoms with Crippen LogP contribution in [-0.4, -0.2) is 11.7 Å². The van der Waals surface area contributed by atoms with Gasteiger partial charge in [-0.2, -0.15) is 0 Å². The fourth-order valence-corrected chi connectivity index (χ4v) is 4.38. The van der Waals surface area contributed by atoms with Gasteiger partial charge in [0.2, 0.25) is 5.91 Å². The van der Waals surface area contributed by atoms with Crippen LogP contribution in [0.2, 0.25) is 10.0 Å². The molecule has 4 rings (SSSR count). The number of amides is 1. The molecule has 3 nitrogen and oxygen atoms in total. The molecule has 0 radical (unpaired) electrons. The average molecular weight is 404 g/mol. The van der Waals surface area contributed by atoms with Gasteiger partial charge in [0.1, 0.15) is 5.82 Å². The Morgan fingerprint density at radius 3 is 2.48 bits per heavy atom. The zero-order chi connectivity index (χ0) is 19.1. The van der Waals surface area contributed by atoms with E-state index in [4.69, 9.17) is 23.2 Å². The number of ketones is 1. The van der Waals surface area contributed by atoms with Gasteiger partial charge in [0.05, 0.1) is 10.0 Å². The summed E-state index contributed by atoms with van der Waals surface area (Å²) in [7, 11) is 0. The number of hydrogen-bond acceptors (Lipinski definition) is 2. The lowest BCUT2D eigenvalue weighted by Crippen LogP contribution is -2.40. The van der Waals surface area contributed by atoms with Gasteiger partial charge in [-0.3, -0.25) is 14.5 Å². The zero-order valence-corrected chi connectivity index (χ0v) is 15.9. The van der Waals surface area contributed by atoms with E-state index in [1.54, 1.807) is 29.2 Å². The van der Waals surface area contributed by atoms with E-state index >= 15 is 0 Å². The van der Waals surface area contributed by atoms with Crippen LogP contribution in [0.5, 0.6) is 0 Å². The molecule has 2 aliphatic rings. The summed E-state index contributed by atoms with van der Waals surface area (Å²) in [5.74, 6) is -0.906. The van der Waals surface area contributed by atoms with Crippen LogP contribution in [0.4, 0.5) is 10.1 Å². The molecule has 1 atom stereocenters. The van der Waals surface area contributed by atoms with Gasteiger partial charge in [-0.25, -0.2) is 4.39 Å². The Balaban J connectivity index is 1.88. The molecule has 1 heterocycles. The van der Waals surface area contributed by atoms with Crippen LogP contribution < -0.4 is 4.90 Å². The maximum absolute atomic E-state index is 13.3. The van der Waals surface area contributed by atoms with E-state index in [0.29, 0.717) is 51.8 Å². The Morgan fingerprint density at radius 2 is 1.74 bits per heavy atom. The van der Waals surface area contributed by atoms with Crippen molar-refractivity contribution in [2.24, 2.45) is 0 Å². The van der Waals surface area contributed by atoms with E-state index in [-0.39, 0.29) is 23.9 Å². The molecule has 0 N–H and O–H groups in total. The normalized spacial score (nSPS) is 20.1. The summed E-state index contributed by atoms with van der Waals surface area (Å²) in [5, 5.41) is 0.769. The lowest BCUT2D eigenvalue weighted by Gasteiger charge is -2.38. The predicted octanol–water partition coefficient (Wildman–Crippen LogP) is 5.66. The van der Waals surface area contributed by atoms with E-state index in [9.17, 15) is 14.0 Å². The monoisotopic (exact) mass is 403 g/mol. The Kier molecular flexibility index (Phi) is 4.79. The SMILES string of the molecule is O=C1CCCC2=C1[C@H](c1cccc(Cl)c1Cl)CC(=O)N2c1ccc(F)cc1. The third-order valence-corrected chi connectivity index (χ3v) is 5.95. The van der Waals surface area contributed by atoms with Crippen molar-refractivity contribution in [3.8, 4) is 0 Å². The Hall–Kier alpha value is -2.17. The fourth-order valence-electron chi connectivity index (χ4n) is 3.94. The van der Waals surface area contributed by atoms with E-state index in [0.717, 1.165) is 0 Å². The first-order chi connectivity index (χ1) is 13.0. The minimum Gasteiger partial charge on any atom is -0.294 e. The molecular formula is C21H16Cl2FNO2. The summed E-state index contributed by atoms with van der Waals surface area (Å²) in [6.07, 6.45) is 1.85. The van der Waals surface area contributed by atoms with Crippen LogP contribution >= 0.6 is 23.2 Å². The molecule has 1 aliphatic carbocycles. The first-order valence-corrected chi connectivity index (χ1v) is 9.51. The Bertz CT molecular complexity index is 969. The van der Waals surface area contributed by atoms with Crippen LogP contribution in [0.15, 0.2) is 53.7 Å². The lowest BCUT2D eigenvalue weighted by atomic mass is 9.77.